The standard InChI is InChI=1S/C21H26N4O3S3/c1-23(2)12-13-25(21-22-18-11-8-16(29-5)14-19(18)30-21)20(26)15-6-9-17(10-7-15)31(27,28)24(3)4/h6-11,14H,12-13H2,1-5H3. The highest BCUT2D eigenvalue weighted by molar-refractivity contribution is 7.98. The Morgan fingerprint density at radius 2 is 1.71 bits per heavy atom. The van der Waals surface area contributed by atoms with Crippen LogP contribution in [0.25, 0.3) is 10.2 Å². The predicted octanol–water partition coefficient (Wildman–Crippen LogP) is 3.48. The van der Waals surface area contributed by atoms with Crippen molar-refractivity contribution in [2.75, 3.05) is 52.4 Å². The summed E-state index contributed by atoms with van der Waals surface area (Å²) in [6.45, 7) is 1.14. The lowest BCUT2D eigenvalue weighted by atomic mass is 10.2. The molecule has 0 fully saturated rings. The van der Waals surface area contributed by atoms with Gasteiger partial charge >= 0.3 is 0 Å². The Hall–Kier alpha value is -1.98. The molecule has 0 bridgehead atoms. The van der Waals surface area contributed by atoms with E-state index in [0.717, 1.165) is 19.4 Å². The lowest BCUT2D eigenvalue weighted by Crippen LogP contribution is -2.36. The van der Waals surface area contributed by atoms with Crippen LogP contribution >= 0.6 is 23.1 Å². The van der Waals surface area contributed by atoms with E-state index in [0.29, 0.717) is 23.8 Å². The zero-order valence-corrected chi connectivity index (χ0v) is 20.6. The average molecular weight is 479 g/mol. The van der Waals surface area contributed by atoms with Gasteiger partial charge in [-0.1, -0.05) is 11.3 Å². The summed E-state index contributed by atoms with van der Waals surface area (Å²) in [6, 6.07) is 12.1. The maximum Gasteiger partial charge on any atom is 0.260 e. The van der Waals surface area contributed by atoms with Crippen LogP contribution in [0.5, 0.6) is 0 Å². The molecule has 1 aromatic heterocycles. The van der Waals surface area contributed by atoms with E-state index in [-0.39, 0.29) is 10.8 Å². The van der Waals surface area contributed by atoms with Crippen molar-refractivity contribution in [2.24, 2.45) is 0 Å². The van der Waals surface area contributed by atoms with Crippen molar-refractivity contribution >= 4 is 54.4 Å². The Kier molecular flexibility index (Phi) is 7.38. The first kappa shape index (κ1) is 23.7. The fourth-order valence-electron chi connectivity index (χ4n) is 2.86. The number of amides is 1. The van der Waals surface area contributed by atoms with Crippen molar-refractivity contribution in [1.82, 2.24) is 14.2 Å². The Bertz CT molecular complexity index is 1170. The average Bonchev–Trinajstić information content (AvgIpc) is 3.16. The Morgan fingerprint density at radius 3 is 2.29 bits per heavy atom. The highest BCUT2D eigenvalue weighted by Crippen LogP contribution is 2.32. The number of aromatic nitrogens is 1. The highest BCUT2D eigenvalue weighted by atomic mass is 32.2. The lowest BCUT2D eigenvalue weighted by molar-refractivity contribution is 0.0985. The summed E-state index contributed by atoms with van der Waals surface area (Å²) in [5, 5.41) is 0.630. The minimum Gasteiger partial charge on any atom is -0.308 e. The summed E-state index contributed by atoms with van der Waals surface area (Å²) in [5.74, 6) is -0.209. The molecule has 31 heavy (non-hydrogen) atoms. The Balaban J connectivity index is 1.96. The molecule has 0 atom stereocenters. The molecule has 3 aromatic rings. The largest absolute Gasteiger partial charge is 0.308 e. The number of carbonyl (C=O) groups excluding carboxylic acids is 1. The molecule has 0 aliphatic heterocycles. The van der Waals surface area contributed by atoms with Gasteiger partial charge in [0.05, 0.1) is 15.1 Å². The van der Waals surface area contributed by atoms with Crippen molar-refractivity contribution in [1.29, 1.82) is 0 Å². The number of sulfonamides is 1. The fraction of sp³-hybridized carbons (Fsp3) is 0.333. The van der Waals surface area contributed by atoms with Crippen molar-refractivity contribution < 1.29 is 13.2 Å². The predicted molar refractivity (Wildman–Crippen MR) is 129 cm³/mol. The maximum atomic E-state index is 13.4. The monoisotopic (exact) mass is 478 g/mol. The van der Waals surface area contributed by atoms with Gasteiger partial charge in [0, 0.05) is 37.6 Å². The summed E-state index contributed by atoms with van der Waals surface area (Å²) in [4.78, 5) is 23.0. The first-order valence-electron chi connectivity index (χ1n) is 9.57. The van der Waals surface area contributed by atoms with E-state index in [9.17, 15) is 13.2 Å². The van der Waals surface area contributed by atoms with E-state index in [1.807, 2.05) is 37.4 Å². The first-order chi connectivity index (χ1) is 14.6. The van der Waals surface area contributed by atoms with Crippen LogP contribution in [0.3, 0.4) is 0 Å². The number of likely N-dealkylation sites (N-methyl/N-ethyl adjacent to an activating group) is 1. The highest BCUT2D eigenvalue weighted by Gasteiger charge is 2.23. The minimum absolute atomic E-state index is 0.151. The normalized spacial score (nSPS) is 12.1. The zero-order chi connectivity index (χ0) is 22.8. The molecule has 0 unspecified atom stereocenters. The second-order valence-electron chi connectivity index (χ2n) is 7.40. The van der Waals surface area contributed by atoms with Crippen LogP contribution in [-0.4, -0.2) is 76.1 Å². The van der Waals surface area contributed by atoms with Crippen molar-refractivity contribution in [2.45, 2.75) is 9.79 Å². The molecule has 1 amide bonds. The van der Waals surface area contributed by atoms with Crippen LogP contribution in [-0.2, 0) is 10.0 Å². The number of thioether (sulfide) groups is 1. The zero-order valence-electron chi connectivity index (χ0n) is 18.2. The van der Waals surface area contributed by atoms with Crippen molar-refractivity contribution in [3.8, 4) is 0 Å². The third-order valence-corrected chi connectivity index (χ3v) is 8.31. The summed E-state index contributed by atoms with van der Waals surface area (Å²) < 4.78 is 26.8. The summed E-state index contributed by atoms with van der Waals surface area (Å²) in [5.41, 5.74) is 1.27. The number of nitrogens with zero attached hydrogens (tertiary/aromatic N) is 4. The topological polar surface area (TPSA) is 73.8 Å². The molecule has 166 valence electrons. The first-order valence-corrected chi connectivity index (χ1v) is 13.1. The number of carbonyl (C=O) groups is 1. The van der Waals surface area contributed by atoms with Gasteiger partial charge in [-0.15, -0.1) is 11.8 Å². The third kappa shape index (κ3) is 5.27. The number of rotatable bonds is 8. The molecule has 0 saturated carbocycles. The van der Waals surface area contributed by atoms with Gasteiger partial charge < -0.3 is 4.90 Å². The third-order valence-electron chi connectivity index (χ3n) is 4.71. The van der Waals surface area contributed by atoms with Gasteiger partial charge in [0.15, 0.2) is 5.13 Å². The van der Waals surface area contributed by atoms with E-state index in [1.54, 1.807) is 28.8 Å². The van der Waals surface area contributed by atoms with E-state index in [1.165, 1.54) is 37.6 Å². The molecule has 3 rings (SSSR count). The minimum atomic E-state index is -3.55. The molecule has 0 N–H and O–H groups in total. The number of anilines is 1. The molecule has 0 saturated heterocycles. The molecule has 1 heterocycles. The summed E-state index contributed by atoms with van der Waals surface area (Å²) in [7, 11) is 3.31. The van der Waals surface area contributed by atoms with Crippen LogP contribution < -0.4 is 4.90 Å². The number of benzene rings is 2. The van der Waals surface area contributed by atoms with Crippen LogP contribution in [0.15, 0.2) is 52.3 Å². The Labute approximate surface area is 191 Å². The van der Waals surface area contributed by atoms with E-state index < -0.39 is 10.0 Å². The van der Waals surface area contributed by atoms with Gasteiger partial charge in [-0.3, -0.25) is 9.69 Å². The number of hydrogen-bond acceptors (Lipinski definition) is 7. The van der Waals surface area contributed by atoms with Crippen LogP contribution in [0.4, 0.5) is 5.13 Å². The number of hydrogen-bond donors (Lipinski definition) is 0. The van der Waals surface area contributed by atoms with Gasteiger partial charge in [0.25, 0.3) is 5.91 Å². The van der Waals surface area contributed by atoms with E-state index >= 15 is 0 Å². The van der Waals surface area contributed by atoms with E-state index in [4.69, 9.17) is 0 Å². The summed E-state index contributed by atoms with van der Waals surface area (Å²) >= 11 is 3.14. The molecule has 7 nitrogen and oxygen atoms in total. The van der Waals surface area contributed by atoms with Crippen LogP contribution in [0.2, 0.25) is 0 Å². The van der Waals surface area contributed by atoms with Crippen molar-refractivity contribution in [3.63, 3.8) is 0 Å². The van der Waals surface area contributed by atoms with Gasteiger partial charge in [0.1, 0.15) is 0 Å². The van der Waals surface area contributed by atoms with Crippen molar-refractivity contribution in [3.05, 3.63) is 48.0 Å². The number of thiazole rings is 1. The molecule has 0 aliphatic rings. The van der Waals surface area contributed by atoms with E-state index in [2.05, 4.69) is 11.1 Å². The van der Waals surface area contributed by atoms with Gasteiger partial charge in [-0.25, -0.2) is 17.7 Å². The summed E-state index contributed by atoms with van der Waals surface area (Å²) in [6.07, 6.45) is 2.02. The molecule has 0 spiro atoms. The second-order valence-corrected chi connectivity index (χ2v) is 11.4. The van der Waals surface area contributed by atoms with Crippen LogP contribution in [0.1, 0.15) is 10.4 Å². The molecular formula is C21H26N4O3S3. The van der Waals surface area contributed by atoms with Gasteiger partial charge in [-0.2, -0.15) is 0 Å². The smallest absolute Gasteiger partial charge is 0.260 e. The molecule has 0 aliphatic carbocycles. The van der Waals surface area contributed by atoms with Gasteiger partial charge in [-0.05, 0) is 62.8 Å². The molecule has 10 heteroatoms. The quantitative estimate of drug-likeness (QED) is 0.462. The SMILES string of the molecule is CSc1ccc2nc(N(CCN(C)C)C(=O)c3ccc(S(=O)(=O)N(C)C)cc3)sc2c1. The molecule has 0 radical (unpaired) electrons. The lowest BCUT2D eigenvalue weighted by Gasteiger charge is -2.22. The fourth-order valence-corrected chi connectivity index (χ4v) is 5.30. The molecular weight excluding hydrogens is 452 g/mol. The van der Waals surface area contributed by atoms with Gasteiger partial charge in [0.2, 0.25) is 10.0 Å². The van der Waals surface area contributed by atoms with Crippen LogP contribution in [0, 0.1) is 0 Å². The number of fused-ring (bicyclic) bond motifs is 1. The second kappa shape index (κ2) is 9.66. The Morgan fingerprint density at radius 1 is 1.03 bits per heavy atom. The molecule has 2 aromatic carbocycles. The maximum absolute atomic E-state index is 13.4.